The number of halogens is 1. The highest BCUT2D eigenvalue weighted by molar-refractivity contribution is 5.92. The van der Waals surface area contributed by atoms with E-state index in [9.17, 15) is 4.79 Å². The van der Waals surface area contributed by atoms with E-state index in [-0.39, 0.29) is 18.3 Å². The van der Waals surface area contributed by atoms with Crippen LogP contribution in [-0.4, -0.2) is 45.8 Å². The normalized spacial score (nSPS) is 29.0. The van der Waals surface area contributed by atoms with Gasteiger partial charge in [0, 0.05) is 24.8 Å². The number of aromatic nitrogens is 2. The van der Waals surface area contributed by atoms with Gasteiger partial charge in [0.15, 0.2) is 0 Å². The Balaban J connectivity index is 0.00000196. The summed E-state index contributed by atoms with van der Waals surface area (Å²) in [7, 11) is 0. The van der Waals surface area contributed by atoms with Crippen LogP contribution in [0.25, 0.3) is 0 Å². The molecule has 1 unspecified atom stereocenters. The molecule has 3 aliphatic rings. The Bertz CT molecular complexity index is 586. The van der Waals surface area contributed by atoms with Gasteiger partial charge in [0.25, 0.3) is 5.91 Å². The summed E-state index contributed by atoms with van der Waals surface area (Å²) in [4.78, 5) is 15.4. The number of hydrogen-bond acceptors (Lipinski definition) is 3. The van der Waals surface area contributed by atoms with Crippen LogP contribution in [0.15, 0.2) is 12.3 Å². The van der Waals surface area contributed by atoms with Crippen LogP contribution in [0.1, 0.15) is 81.2 Å². The topological polar surface area (TPSA) is 50.2 Å². The summed E-state index contributed by atoms with van der Waals surface area (Å²) in [5, 5.41) is 8.10. The zero-order chi connectivity index (χ0) is 17.2. The molecule has 4 rings (SSSR count). The zero-order valence-electron chi connectivity index (χ0n) is 15.9. The van der Waals surface area contributed by atoms with Crippen molar-refractivity contribution in [1.82, 2.24) is 20.0 Å². The number of nitrogens with zero attached hydrogens (tertiary/aromatic N) is 3. The summed E-state index contributed by atoms with van der Waals surface area (Å²) < 4.78 is 2.01. The molecule has 2 saturated carbocycles. The van der Waals surface area contributed by atoms with E-state index in [1.165, 1.54) is 51.4 Å². The second-order valence-corrected chi connectivity index (χ2v) is 8.21. The van der Waals surface area contributed by atoms with Crippen molar-refractivity contribution in [2.75, 3.05) is 13.1 Å². The van der Waals surface area contributed by atoms with Crippen LogP contribution in [0.5, 0.6) is 0 Å². The van der Waals surface area contributed by atoms with Gasteiger partial charge in [-0.25, -0.2) is 0 Å². The minimum Gasteiger partial charge on any atom is -0.331 e. The smallest absolute Gasteiger partial charge is 0.274 e. The first-order valence-electron chi connectivity index (χ1n) is 10.3. The molecule has 3 fully saturated rings. The third-order valence-electron chi connectivity index (χ3n) is 6.43. The van der Waals surface area contributed by atoms with Gasteiger partial charge >= 0.3 is 0 Å². The average Bonchev–Trinajstić information content (AvgIpc) is 3.37. The second-order valence-electron chi connectivity index (χ2n) is 8.21. The fourth-order valence-corrected chi connectivity index (χ4v) is 4.66. The molecule has 2 aliphatic carbocycles. The van der Waals surface area contributed by atoms with Crippen molar-refractivity contribution in [3.05, 3.63) is 18.0 Å². The molecule has 0 bridgehead atoms. The van der Waals surface area contributed by atoms with E-state index in [4.69, 9.17) is 0 Å². The minimum atomic E-state index is 0. The van der Waals surface area contributed by atoms with E-state index in [0.717, 1.165) is 25.4 Å². The Kier molecular flexibility index (Phi) is 6.62. The predicted molar refractivity (Wildman–Crippen MR) is 106 cm³/mol. The summed E-state index contributed by atoms with van der Waals surface area (Å²) in [6.07, 6.45) is 12.9. The van der Waals surface area contributed by atoms with Gasteiger partial charge in [0.1, 0.15) is 5.69 Å². The first-order chi connectivity index (χ1) is 12.3. The lowest BCUT2D eigenvalue weighted by Crippen LogP contribution is -2.44. The van der Waals surface area contributed by atoms with Gasteiger partial charge in [-0.05, 0) is 69.9 Å². The Labute approximate surface area is 163 Å². The fourth-order valence-electron chi connectivity index (χ4n) is 4.66. The second kappa shape index (κ2) is 8.75. The van der Waals surface area contributed by atoms with Crippen molar-refractivity contribution in [2.45, 2.75) is 82.8 Å². The van der Waals surface area contributed by atoms with Crippen molar-refractivity contribution in [3.63, 3.8) is 0 Å². The van der Waals surface area contributed by atoms with Crippen LogP contribution in [-0.2, 0) is 0 Å². The lowest BCUT2D eigenvalue weighted by Gasteiger charge is -2.36. The fraction of sp³-hybridized carbons (Fsp3) is 0.800. The lowest BCUT2D eigenvalue weighted by molar-refractivity contribution is 0.0579. The maximum Gasteiger partial charge on any atom is 0.274 e. The molecule has 1 saturated heterocycles. The van der Waals surface area contributed by atoms with Crippen LogP contribution in [0, 0.1) is 5.92 Å². The van der Waals surface area contributed by atoms with Gasteiger partial charge in [-0.1, -0.05) is 13.3 Å². The Hall–Kier alpha value is -1.07. The van der Waals surface area contributed by atoms with E-state index in [1.807, 2.05) is 16.9 Å². The SMILES string of the molecule is CCC1CCC(N(C(=O)c2ccn(C3CCCNC3)n2)C2CC2)CC1.Cl. The molecule has 5 nitrogen and oxygen atoms in total. The molecular formula is C20H33ClN4O. The van der Waals surface area contributed by atoms with Crippen LogP contribution in [0.3, 0.4) is 0 Å². The summed E-state index contributed by atoms with van der Waals surface area (Å²) in [5.74, 6) is 1.04. The zero-order valence-corrected chi connectivity index (χ0v) is 16.7. The maximum absolute atomic E-state index is 13.2. The molecule has 6 heteroatoms. The molecule has 26 heavy (non-hydrogen) atoms. The van der Waals surface area contributed by atoms with E-state index in [2.05, 4.69) is 22.2 Å². The molecule has 146 valence electrons. The molecule has 1 amide bonds. The van der Waals surface area contributed by atoms with Gasteiger partial charge in [0.2, 0.25) is 0 Å². The van der Waals surface area contributed by atoms with Crippen molar-refractivity contribution in [3.8, 4) is 0 Å². The van der Waals surface area contributed by atoms with Crippen molar-refractivity contribution in [1.29, 1.82) is 0 Å². The molecule has 1 aromatic heterocycles. The summed E-state index contributed by atoms with van der Waals surface area (Å²) in [6.45, 7) is 4.35. The predicted octanol–water partition coefficient (Wildman–Crippen LogP) is 3.80. The minimum absolute atomic E-state index is 0. The Morgan fingerprint density at radius 1 is 1.19 bits per heavy atom. The molecule has 1 aliphatic heterocycles. The largest absolute Gasteiger partial charge is 0.331 e. The monoisotopic (exact) mass is 380 g/mol. The number of nitrogens with one attached hydrogen (secondary N) is 1. The van der Waals surface area contributed by atoms with Crippen LogP contribution in [0.2, 0.25) is 0 Å². The van der Waals surface area contributed by atoms with E-state index in [0.29, 0.717) is 23.8 Å². The molecule has 1 N–H and O–H groups in total. The highest BCUT2D eigenvalue weighted by Gasteiger charge is 2.39. The highest BCUT2D eigenvalue weighted by Crippen LogP contribution is 2.37. The standard InChI is InChI=1S/C20H32N4O.ClH/c1-2-15-5-7-16(8-6-15)24(17-9-10-17)20(25)19-11-13-23(22-19)18-4-3-12-21-14-18;/h11,13,15-18,21H,2-10,12,14H2,1H3;1H. The van der Waals surface area contributed by atoms with E-state index in [1.54, 1.807) is 0 Å². The average molecular weight is 381 g/mol. The molecular weight excluding hydrogens is 348 g/mol. The molecule has 0 spiro atoms. The van der Waals surface area contributed by atoms with E-state index >= 15 is 0 Å². The van der Waals surface area contributed by atoms with Gasteiger partial charge in [-0.3, -0.25) is 9.48 Å². The maximum atomic E-state index is 13.2. The molecule has 1 atom stereocenters. The number of carbonyl (C=O) groups excluding carboxylic acids is 1. The first-order valence-corrected chi connectivity index (χ1v) is 10.3. The Morgan fingerprint density at radius 2 is 1.88 bits per heavy atom. The number of carbonyl (C=O) groups is 1. The number of hydrogen-bond donors (Lipinski definition) is 1. The third kappa shape index (κ3) is 4.25. The first kappa shape index (κ1) is 19.7. The highest BCUT2D eigenvalue weighted by atomic mass is 35.5. The van der Waals surface area contributed by atoms with Gasteiger partial charge in [-0.15, -0.1) is 12.4 Å². The summed E-state index contributed by atoms with van der Waals surface area (Å²) >= 11 is 0. The number of piperidine rings is 1. The van der Waals surface area contributed by atoms with Gasteiger partial charge in [-0.2, -0.15) is 5.10 Å². The van der Waals surface area contributed by atoms with Crippen molar-refractivity contribution < 1.29 is 4.79 Å². The molecule has 1 aromatic rings. The van der Waals surface area contributed by atoms with Crippen LogP contribution >= 0.6 is 12.4 Å². The van der Waals surface area contributed by atoms with Crippen LogP contribution < -0.4 is 5.32 Å². The van der Waals surface area contributed by atoms with Crippen molar-refractivity contribution in [2.24, 2.45) is 5.92 Å². The molecule has 2 heterocycles. The summed E-state index contributed by atoms with van der Waals surface area (Å²) in [5.41, 5.74) is 0.648. The summed E-state index contributed by atoms with van der Waals surface area (Å²) in [6, 6.07) is 3.23. The quantitative estimate of drug-likeness (QED) is 0.845. The number of rotatable bonds is 5. The van der Waals surface area contributed by atoms with Crippen LogP contribution in [0.4, 0.5) is 0 Å². The molecule has 0 radical (unpaired) electrons. The van der Waals surface area contributed by atoms with Gasteiger partial charge < -0.3 is 10.2 Å². The van der Waals surface area contributed by atoms with E-state index < -0.39 is 0 Å². The van der Waals surface area contributed by atoms with Gasteiger partial charge in [0.05, 0.1) is 6.04 Å². The number of amides is 1. The molecule has 0 aromatic carbocycles. The van der Waals surface area contributed by atoms with Crippen molar-refractivity contribution >= 4 is 18.3 Å². The Morgan fingerprint density at radius 3 is 2.46 bits per heavy atom. The lowest BCUT2D eigenvalue weighted by atomic mass is 9.83. The third-order valence-corrected chi connectivity index (χ3v) is 6.43.